The predicted molar refractivity (Wildman–Crippen MR) is 84.4 cm³/mol. The number of amides is 1. The normalized spacial score (nSPS) is 10.6. The average Bonchev–Trinajstić information content (AvgIpc) is 2.49. The molecule has 0 atom stereocenters. The van der Waals surface area contributed by atoms with Gasteiger partial charge < -0.3 is 5.32 Å². The highest BCUT2D eigenvalue weighted by Crippen LogP contribution is 2.31. The van der Waals surface area contributed by atoms with Gasteiger partial charge >= 0.3 is 0 Å². The minimum absolute atomic E-state index is 0.113. The molecule has 3 rings (SSSR count). The lowest BCUT2D eigenvalue weighted by atomic mass is 10.2. The lowest BCUT2D eigenvalue weighted by molar-refractivity contribution is -0.114. The smallest absolute Gasteiger partial charge is 0.221 e. The molecule has 110 valence electrons. The Bertz CT molecular complexity index is 836. The Morgan fingerprint density at radius 3 is 2.64 bits per heavy atom. The van der Waals surface area contributed by atoms with Crippen LogP contribution in [0.15, 0.2) is 58.7 Å². The number of rotatable bonds is 3. The molecule has 0 saturated heterocycles. The quantitative estimate of drug-likeness (QED) is 0.746. The van der Waals surface area contributed by atoms with Crippen molar-refractivity contribution in [2.24, 2.45) is 0 Å². The van der Waals surface area contributed by atoms with Gasteiger partial charge in [0.2, 0.25) is 5.91 Å². The number of hydrogen-bond donors (Lipinski definition) is 1. The predicted octanol–water partition coefficient (Wildman–Crippen LogP) is 3.88. The molecule has 4 nitrogen and oxygen atoms in total. The fourth-order valence-electron chi connectivity index (χ4n) is 2.01. The van der Waals surface area contributed by atoms with Crippen molar-refractivity contribution in [1.82, 2.24) is 9.97 Å². The van der Waals surface area contributed by atoms with E-state index >= 15 is 0 Å². The Balaban J connectivity index is 1.89. The monoisotopic (exact) mass is 313 g/mol. The number of nitrogens with zero attached hydrogens (tertiary/aromatic N) is 2. The summed E-state index contributed by atoms with van der Waals surface area (Å²) in [5.41, 5.74) is 1.43. The molecule has 0 fully saturated rings. The molecule has 0 saturated carbocycles. The van der Waals surface area contributed by atoms with Gasteiger partial charge in [-0.25, -0.2) is 14.4 Å². The summed E-state index contributed by atoms with van der Waals surface area (Å²) < 4.78 is 13.4. The highest BCUT2D eigenvalue weighted by atomic mass is 32.2. The first-order valence-corrected chi connectivity index (χ1v) is 7.39. The van der Waals surface area contributed by atoms with E-state index in [1.165, 1.54) is 37.1 Å². The van der Waals surface area contributed by atoms with Gasteiger partial charge in [-0.2, -0.15) is 0 Å². The lowest BCUT2D eigenvalue weighted by Gasteiger charge is -2.06. The highest BCUT2D eigenvalue weighted by Gasteiger charge is 2.07. The van der Waals surface area contributed by atoms with Crippen LogP contribution in [0.5, 0.6) is 0 Å². The van der Waals surface area contributed by atoms with Crippen molar-refractivity contribution < 1.29 is 9.18 Å². The van der Waals surface area contributed by atoms with Crippen molar-refractivity contribution in [2.45, 2.75) is 16.8 Å². The number of nitrogens with one attached hydrogen (secondary N) is 1. The standard InChI is InChI=1S/C16H12FN3OS/c1-10(21)20-12-3-5-13(6-4-12)22-16-14-8-11(17)2-7-15(14)18-9-19-16/h2-9H,1H3,(H,20,21). The van der Waals surface area contributed by atoms with Gasteiger partial charge in [-0.3, -0.25) is 4.79 Å². The molecule has 1 amide bonds. The van der Waals surface area contributed by atoms with Crippen molar-refractivity contribution in [3.63, 3.8) is 0 Å². The third kappa shape index (κ3) is 3.23. The van der Waals surface area contributed by atoms with E-state index < -0.39 is 0 Å². The van der Waals surface area contributed by atoms with Crippen molar-refractivity contribution >= 4 is 34.3 Å². The van der Waals surface area contributed by atoms with E-state index in [0.29, 0.717) is 15.9 Å². The zero-order chi connectivity index (χ0) is 15.5. The van der Waals surface area contributed by atoms with Gasteiger partial charge in [0.05, 0.1) is 5.52 Å². The van der Waals surface area contributed by atoms with E-state index in [1.807, 2.05) is 24.3 Å². The SMILES string of the molecule is CC(=O)Nc1ccc(Sc2ncnc3ccc(F)cc23)cc1. The van der Waals surface area contributed by atoms with Crippen LogP contribution in [0.2, 0.25) is 0 Å². The number of halogens is 1. The van der Waals surface area contributed by atoms with Crippen LogP contribution < -0.4 is 5.32 Å². The Morgan fingerprint density at radius 2 is 1.91 bits per heavy atom. The number of benzene rings is 2. The van der Waals surface area contributed by atoms with Crippen LogP contribution in [0.25, 0.3) is 10.9 Å². The summed E-state index contributed by atoms with van der Waals surface area (Å²) in [6.45, 7) is 1.46. The Hall–Kier alpha value is -2.47. The third-order valence-corrected chi connectivity index (χ3v) is 3.98. The van der Waals surface area contributed by atoms with E-state index in [0.717, 1.165) is 10.6 Å². The Morgan fingerprint density at radius 1 is 1.14 bits per heavy atom. The zero-order valence-electron chi connectivity index (χ0n) is 11.7. The number of fused-ring (bicyclic) bond motifs is 1. The first-order chi connectivity index (χ1) is 10.6. The number of carbonyl (C=O) groups is 1. The first-order valence-electron chi connectivity index (χ1n) is 6.57. The summed E-state index contributed by atoms with van der Waals surface area (Å²) in [7, 11) is 0. The molecule has 0 bridgehead atoms. The van der Waals surface area contributed by atoms with Crippen LogP contribution in [0.3, 0.4) is 0 Å². The fraction of sp³-hybridized carbons (Fsp3) is 0.0625. The van der Waals surface area contributed by atoms with Crippen molar-refractivity contribution in [1.29, 1.82) is 0 Å². The molecule has 0 radical (unpaired) electrons. The van der Waals surface area contributed by atoms with Gasteiger partial charge in [-0.15, -0.1) is 0 Å². The van der Waals surface area contributed by atoms with Crippen molar-refractivity contribution in [2.75, 3.05) is 5.32 Å². The van der Waals surface area contributed by atoms with E-state index in [2.05, 4.69) is 15.3 Å². The molecule has 0 spiro atoms. The molecule has 2 aromatic carbocycles. The molecule has 1 aromatic heterocycles. The third-order valence-electron chi connectivity index (χ3n) is 2.95. The molecular weight excluding hydrogens is 301 g/mol. The van der Waals surface area contributed by atoms with Crippen LogP contribution in [-0.4, -0.2) is 15.9 Å². The maximum Gasteiger partial charge on any atom is 0.221 e. The van der Waals surface area contributed by atoms with Crippen LogP contribution >= 0.6 is 11.8 Å². The minimum Gasteiger partial charge on any atom is -0.326 e. The van der Waals surface area contributed by atoms with Gasteiger partial charge in [-0.05, 0) is 42.5 Å². The highest BCUT2D eigenvalue weighted by molar-refractivity contribution is 7.99. The zero-order valence-corrected chi connectivity index (χ0v) is 12.5. The van der Waals surface area contributed by atoms with Crippen molar-refractivity contribution in [3.8, 4) is 0 Å². The second kappa shape index (κ2) is 6.11. The number of carbonyl (C=O) groups excluding carboxylic acids is 1. The number of aromatic nitrogens is 2. The van der Waals surface area contributed by atoms with E-state index in [9.17, 15) is 9.18 Å². The average molecular weight is 313 g/mol. The lowest BCUT2D eigenvalue weighted by Crippen LogP contribution is -2.05. The van der Waals surface area contributed by atoms with Gasteiger partial charge in [-0.1, -0.05) is 11.8 Å². The first kappa shape index (κ1) is 14.5. The largest absolute Gasteiger partial charge is 0.326 e. The minimum atomic E-state index is -0.315. The van der Waals surface area contributed by atoms with Crippen LogP contribution in [0.4, 0.5) is 10.1 Å². The van der Waals surface area contributed by atoms with E-state index in [4.69, 9.17) is 0 Å². The van der Waals surface area contributed by atoms with Crippen LogP contribution in [0.1, 0.15) is 6.92 Å². The Kier molecular flexibility index (Phi) is 4.02. The van der Waals surface area contributed by atoms with E-state index in [-0.39, 0.29) is 11.7 Å². The van der Waals surface area contributed by atoms with E-state index in [1.54, 1.807) is 6.07 Å². The second-order valence-electron chi connectivity index (χ2n) is 4.65. The summed E-state index contributed by atoms with van der Waals surface area (Å²) in [6.07, 6.45) is 1.47. The second-order valence-corrected chi connectivity index (χ2v) is 5.71. The van der Waals surface area contributed by atoms with Crippen LogP contribution in [-0.2, 0) is 4.79 Å². The molecule has 0 aliphatic carbocycles. The Labute approximate surface area is 130 Å². The summed E-state index contributed by atoms with van der Waals surface area (Å²) >= 11 is 1.42. The van der Waals surface area contributed by atoms with Gasteiger partial charge in [0.25, 0.3) is 0 Å². The summed E-state index contributed by atoms with van der Waals surface area (Å²) in [4.78, 5) is 20.3. The summed E-state index contributed by atoms with van der Waals surface area (Å²) in [5, 5.41) is 4.08. The number of anilines is 1. The maximum absolute atomic E-state index is 13.4. The number of hydrogen-bond acceptors (Lipinski definition) is 4. The molecule has 0 unspecified atom stereocenters. The molecule has 1 heterocycles. The van der Waals surface area contributed by atoms with Gasteiger partial charge in [0.15, 0.2) is 0 Å². The molecule has 0 aliphatic rings. The van der Waals surface area contributed by atoms with Crippen LogP contribution in [0, 0.1) is 5.82 Å². The molecule has 6 heteroatoms. The maximum atomic E-state index is 13.4. The summed E-state index contributed by atoms with van der Waals surface area (Å²) in [6, 6.07) is 11.8. The molecule has 1 N–H and O–H groups in total. The topological polar surface area (TPSA) is 54.9 Å². The molecule has 22 heavy (non-hydrogen) atoms. The molecule has 3 aromatic rings. The summed E-state index contributed by atoms with van der Waals surface area (Å²) in [5.74, 6) is -0.428. The molecule has 0 aliphatic heterocycles. The fourth-order valence-corrected chi connectivity index (χ4v) is 2.88. The molecular formula is C16H12FN3OS. The van der Waals surface area contributed by atoms with Crippen molar-refractivity contribution in [3.05, 3.63) is 54.6 Å². The van der Waals surface area contributed by atoms with Gasteiger partial charge in [0.1, 0.15) is 17.2 Å². The van der Waals surface area contributed by atoms with Gasteiger partial charge in [0, 0.05) is 22.9 Å².